The molecule has 0 spiro atoms. The van der Waals surface area contributed by atoms with Crippen LogP contribution in [0.15, 0.2) is 5.18 Å². The van der Waals surface area contributed by atoms with E-state index in [0.29, 0.717) is 32.4 Å². The van der Waals surface area contributed by atoms with E-state index in [-0.39, 0.29) is 12.3 Å². The van der Waals surface area contributed by atoms with Crippen LogP contribution >= 0.6 is 0 Å². The molecule has 0 rings (SSSR count). The van der Waals surface area contributed by atoms with Crippen molar-refractivity contribution in [2.45, 2.75) is 25.7 Å². The van der Waals surface area contributed by atoms with Crippen molar-refractivity contribution in [3.8, 4) is 0 Å². The van der Waals surface area contributed by atoms with Crippen molar-refractivity contribution in [3.63, 3.8) is 0 Å². The zero-order valence-corrected chi connectivity index (χ0v) is 7.99. The van der Waals surface area contributed by atoms with E-state index in [2.05, 4.69) is 10.5 Å². The number of amides is 2. The molecule has 6 nitrogen and oxygen atoms in total. The molecule has 0 aliphatic carbocycles. The molecule has 0 aliphatic rings. The van der Waals surface area contributed by atoms with Gasteiger partial charge in [0, 0.05) is 31.1 Å². The smallest absolute Gasteiger partial charge is 0.286 e. The molecule has 3 N–H and O–H groups in total. The highest BCUT2D eigenvalue weighted by molar-refractivity contribution is 5.76. The summed E-state index contributed by atoms with van der Waals surface area (Å²) in [6, 6.07) is 0. The second-order valence-electron chi connectivity index (χ2n) is 2.83. The van der Waals surface area contributed by atoms with Crippen LogP contribution < -0.4 is 11.1 Å². The van der Waals surface area contributed by atoms with Crippen LogP contribution in [-0.4, -0.2) is 24.9 Å². The van der Waals surface area contributed by atoms with E-state index in [0.717, 1.165) is 0 Å². The molecule has 0 atom stereocenters. The van der Waals surface area contributed by atoms with E-state index < -0.39 is 5.91 Å². The quantitative estimate of drug-likeness (QED) is 0.444. The Kier molecular flexibility index (Phi) is 7.53. The summed E-state index contributed by atoms with van der Waals surface area (Å²) in [6.07, 6.45) is 1.69. The van der Waals surface area contributed by atoms with Gasteiger partial charge in [-0.25, -0.2) is 0 Å². The van der Waals surface area contributed by atoms with Crippen LogP contribution in [-0.2, 0) is 9.59 Å². The summed E-state index contributed by atoms with van der Waals surface area (Å²) in [5.74, 6) is -0.731. The molecule has 6 heteroatoms. The first-order valence-electron chi connectivity index (χ1n) is 4.53. The topological polar surface area (TPSA) is 102 Å². The monoisotopic (exact) mass is 201 g/mol. The maximum Gasteiger partial charge on any atom is 0.286 e. The van der Waals surface area contributed by atoms with Crippen molar-refractivity contribution < 1.29 is 9.59 Å². The zero-order chi connectivity index (χ0) is 10.8. The summed E-state index contributed by atoms with van der Waals surface area (Å²) in [7, 11) is 0. The summed E-state index contributed by atoms with van der Waals surface area (Å²) in [4.78, 5) is 31.0. The third-order valence-electron chi connectivity index (χ3n) is 1.61. The van der Waals surface area contributed by atoms with Gasteiger partial charge in [-0.1, -0.05) is 0 Å². The standard InChI is InChI=1S/C8H15N3O3/c9-5-4-7(12)10-6-2-1-3-8(13)11-14/h1-6,9H2,(H,10,12). The van der Waals surface area contributed by atoms with E-state index in [1.54, 1.807) is 0 Å². The van der Waals surface area contributed by atoms with Gasteiger partial charge in [-0.2, -0.15) is 0 Å². The minimum atomic E-state index is -0.640. The van der Waals surface area contributed by atoms with Crippen LogP contribution in [0.25, 0.3) is 0 Å². The number of hydrogen-bond donors (Lipinski definition) is 2. The Morgan fingerprint density at radius 3 is 2.50 bits per heavy atom. The lowest BCUT2D eigenvalue weighted by Crippen LogP contribution is -2.26. The Balaban J connectivity index is 3.25. The summed E-state index contributed by atoms with van der Waals surface area (Å²) >= 11 is 0. The first-order valence-corrected chi connectivity index (χ1v) is 4.53. The third-order valence-corrected chi connectivity index (χ3v) is 1.61. The molecule has 0 aromatic heterocycles. The van der Waals surface area contributed by atoms with Gasteiger partial charge in [-0.05, 0) is 12.8 Å². The van der Waals surface area contributed by atoms with E-state index >= 15 is 0 Å². The molecule has 0 aromatic rings. The predicted molar refractivity (Wildman–Crippen MR) is 51.3 cm³/mol. The van der Waals surface area contributed by atoms with E-state index in [4.69, 9.17) is 5.73 Å². The molecule has 2 amide bonds. The molecule has 14 heavy (non-hydrogen) atoms. The van der Waals surface area contributed by atoms with Crippen molar-refractivity contribution in [2.24, 2.45) is 10.9 Å². The Labute approximate surface area is 82.2 Å². The number of nitrogens with two attached hydrogens (primary N) is 1. The highest BCUT2D eigenvalue weighted by atomic mass is 16.3. The minimum Gasteiger partial charge on any atom is -0.356 e. The third kappa shape index (κ3) is 7.35. The SMILES string of the molecule is NCCC(=O)NCCCCC(=O)N=O. The lowest BCUT2D eigenvalue weighted by atomic mass is 10.2. The van der Waals surface area contributed by atoms with E-state index in [1.807, 2.05) is 0 Å². The van der Waals surface area contributed by atoms with Crippen molar-refractivity contribution in [1.29, 1.82) is 0 Å². The molecule has 0 saturated carbocycles. The number of carbonyl (C=O) groups is 2. The van der Waals surface area contributed by atoms with Gasteiger partial charge >= 0.3 is 0 Å². The Morgan fingerprint density at radius 2 is 1.93 bits per heavy atom. The first kappa shape index (κ1) is 12.7. The molecule has 0 saturated heterocycles. The van der Waals surface area contributed by atoms with Gasteiger partial charge in [-0.3, -0.25) is 9.59 Å². The van der Waals surface area contributed by atoms with Gasteiger partial charge in [0.05, 0.1) is 0 Å². The van der Waals surface area contributed by atoms with Gasteiger partial charge in [0.2, 0.25) is 5.91 Å². The summed E-state index contributed by atoms with van der Waals surface area (Å²) in [5, 5.41) is 4.89. The van der Waals surface area contributed by atoms with Crippen molar-refractivity contribution in [1.82, 2.24) is 5.32 Å². The number of unbranched alkanes of at least 4 members (excludes halogenated alkanes) is 1. The Morgan fingerprint density at radius 1 is 1.21 bits per heavy atom. The summed E-state index contributed by atoms with van der Waals surface area (Å²) in [6.45, 7) is 0.838. The zero-order valence-electron chi connectivity index (χ0n) is 7.99. The second kappa shape index (κ2) is 8.31. The van der Waals surface area contributed by atoms with Gasteiger partial charge in [-0.15, -0.1) is 4.91 Å². The Bertz CT molecular complexity index is 206. The van der Waals surface area contributed by atoms with Gasteiger partial charge in [0.15, 0.2) is 0 Å². The van der Waals surface area contributed by atoms with Gasteiger partial charge in [0.25, 0.3) is 5.91 Å². The highest BCUT2D eigenvalue weighted by Gasteiger charge is 2.01. The van der Waals surface area contributed by atoms with Crippen LogP contribution in [0.3, 0.4) is 0 Å². The molecule has 0 aliphatic heterocycles. The van der Waals surface area contributed by atoms with Crippen LogP contribution in [0.2, 0.25) is 0 Å². The lowest BCUT2D eigenvalue weighted by Gasteiger charge is -2.02. The average molecular weight is 201 g/mol. The fraction of sp³-hybridized carbons (Fsp3) is 0.750. The largest absolute Gasteiger partial charge is 0.356 e. The normalized spacial score (nSPS) is 9.50. The first-order chi connectivity index (χ1) is 6.70. The number of hydrogen-bond acceptors (Lipinski definition) is 4. The summed E-state index contributed by atoms with van der Waals surface area (Å²) < 4.78 is 0. The maximum atomic E-state index is 10.9. The molecule has 0 unspecified atom stereocenters. The number of rotatable bonds is 7. The fourth-order valence-electron chi connectivity index (χ4n) is 0.894. The van der Waals surface area contributed by atoms with E-state index in [1.165, 1.54) is 0 Å². The second-order valence-corrected chi connectivity index (χ2v) is 2.83. The van der Waals surface area contributed by atoms with Gasteiger partial charge in [0.1, 0.15) is 0 Å². The minimum absolute atomic E-state index is 0.0904. The molecule has 80 valence electrons. The van der Waals surface area contributed by atoms with Crippen LogP contribution in [0.1, 0.15) is 25.7 Å². The van der Waals surface area contributed by atoms with Crippen LogP contribution in [0, 0.1) is 4.91 Å². The van der Waals surface area contributed by atoms with Crippen molar-refractivity contribution >= 4 is 11.8 Å². The van der Waals surface area contributed by atoms with Crippen LogP contribution in [0.4, 0.5) is 0 Å². The molecule has 0 radical (unpaired) electrons. The van der Waals surface area contributed by atoms with Crippen molar-refractivity contribution in [3.05, 3.63) is 4.91 Å². The molecule has 0 bridgehead atoms. The lowest BCUT2D eigenvalue weighted by molar-refractivity contribution is -0.120. The number of nitrogens with one attached hydrogen (secondary N) is 1. The molecular formula is C8H15N3O3. The predicted octanol–water partition coefficient (Wildman–Crippen LogP) is -0.0853. The summed E-state index contributed by atoms with van der Waals surface area (Å²) in [5.41, 5.74) is 5.16. The molecule has 0 aromatic carbocycles. The van der Waals surface area contributed by atoms with Crippen molar-refractivity contribution in [2.75, 3.05) is 13.1 Å². The number of nitroso groups, excluding NO2 is 1. The highest BCUT2D eigenvalue weighted by Crippen LogP contribution is 1.95. The fourth-order valence-corrected chi connectivity index (χ4v) is 0.894. The molecular weight excluding hydrogens is 186 g/mol. The number of carbonyl (C=O) groups excluding carboxylic acids is 2. The molecule has 0 fully saturated rings. The Hall–Kier alpha value is -1.30. The van der Waals surface area contributed by atoms with E-state index in [9.17, 15) is 14.5 Å². The molecule has 0 heterocycles. The average Bonchev–Trinajstić information content (AvgIpc) is 2.17. The van der Waals surface area contributed by atoms with Crippen LogP contribution in [0.5, 0.6) is 0 Å². The van der Waals surface area contributed by atoms with Gasteiger partial charge < -0.3 is 11.1 Å². The maximum absolute atomic E-state index is 10.9. The number of nitrogens with zero attached hydrogens (tertiary/aromatic N) is 1.